The van der Waals surface area contributed by atoms with Crippen LogP contribution in [0.3, 0.4) is 0 Å². The monoisotopic (exact) mass is 206 g/mol. The molecule has 0 fully saturated rings. The van der Waals surface area contributed by atoms with Crippen molar-refractivity contribution in [3.05, 3.63) is 29.3 Å². The van der Waals surface area contributed by atoms with E-state index in [1.807, 2.05) is 25.1 Å². The lowest BCUT2D eigenvalue weighted by atomic mass is 9.96. The van der Waals surface area contributed by atoms with Gasteiger partial charge in [0.2, 0.25) is 0 Å². The standard InChI is InChI=1S/C12H14O3/c1-8(6-12(13)14)10-3-2-9-4-5-15-11(9)7-10/h2-3,7-8H,4-6H2,1H3,(H,13,14). The highest BCUT2D eigenvalue weighted by molar-refractivity contribution is 5.68. The Balaban J connectivity index is 2.19. The SMILES string of the molecule is CC(CC(=O)O)c1ccc2c(c1)OCC2. The van der Waals surface area contributed by atoms with E-state index in [1.54, 1.807) is 0 Å². The molecular weight excluding hydrogens is 192 g/mol. The van der Waals surface area contributed by atoms with Crippen LogP contribution >= 0.6 is 0 Å². The van der Waals surface area contributed by atoms with E-state index in [-0.39, 0.29) is 12.3 Å². The van der Waals surface area contributed by atoms with Crippen molar-refractivity contribution in [2.75, 3.05) is 6.61 Å². The second-order valence-electron chi connectivity index (χ2n) is 3.96. The maximum Gasteiger partial charge on any atom is 0.303 e. The van der Waals surface area contributed by atoms with Gasteiger partial charge in [-0.25, -0.2) is 0 Å². The number of hydrogen-bond donors (Lipinski definition) is 1. The van der Waals surface area contributed by atoms with Crippen LogP contribution < -0.4 is 4.74 Å². The Morgan fingerprint density at radius 2 is 2.40 bits per heavy atom. The minimum Gasteiger partial charge on any atom is -0.493 e. The van der Waals surface area contributed by atoms with Crippen LogP contribution in [0.1, 0.15) is 30.4 Å². The number of carboxylic acid groups (broad SMARTS) is 1. The van der Waals surface area contributed by atoms with Crippen molar-refractivity contribution in [3.63, 3.8) is 0 Å². The van der Waals surface area contributed by atoms with Crippen molar-refractivity contribution in [1.29, 1.82) is 0 Å². The van der Waals surface area contributed by atoms with Gasteiger partial charge < -0.3 is 9.84 Å². The number of benzene rings is 1. The van der Waals surface area contributed by atoms with E-state index in [1.165, 1.54) is 5.56 Å². The van der Waals surface area contributed by atoms with Crippen molar-refractivity contribution in [1.82, 2.24) is 0 Å². The minimum atomic E-state index is -0.760. The first-order valence-electron chi connectivity index (χ1n) is 5.14. The molecule has 1 aliphatic rings. The van der Waals surface area contributed by atoms with Gasteiger partial charge in [-0.05, 0) is 23.1 Å². The Morgan fingerprint density at radius 3 is 3.13 bits per heavy atom. The summed E-state index contributed by atoms with van der Waals surface area (Å²) in [5.41, 5.74) is 2.26. The summed E-state index contributed by atoms with van der Waals surface area (Å²) in [7, 11) is 0. The maximum atomic E-state index is 10.6. The highest BCUT2D eigenvalue weighted by atomic mass is 16.5. The largest absolute Gasteiger partial charge is 0.493 e. The second-order valence-corrected chi connectivity index (χ2v) is 3.96. The Bertz CT molecular complexity index is 384. The van der Waals surface area contributed by atoms with Gasteiger partial charge in [-0.1, -0.05) is 19.1 Å². The molecule has 1 aliphatic heterocycles. The molecule has 15 heavy (non-hydrogen) atoms. The Hall–Kier alpha value is -1.51. The zero-order valence-electron chi connectivity index (χ0n) is 8.69. The van der Waals surface area contributed by atoms with E-state index in [0.29, 0.717) is 0 Å². The Labute approximate surface area is 88.7 Å². The minimum absolute atomic E-state index is 0.0389. The normalized spacial score (nSPS) is 15.5. The lowest BCUT2D eigenvalue weighted by Crippen LogP contribution is -2.02. The number of aliphatic carboxylic acids is 1. The van der Waals surface area contributed by atoms with E-state index < -0.39 is 5.97 Å². The number of hydrogen-bond acceptors (Lipinski definition) is 2. The lowest BCUT2D eigenvalue weighted by molar-refractivity contribution is -0.137. The summed E-state index contributed by atoms with van der Waals surface area (Å²) in [6.07, 6.45) is 1.13. The summed E-state index contributed by atoms with van der Waals surface area (Å²) in [6.45, 7) is 2.66. The highest BCUT2D eigenvalue weighted by Crippen LogP contribution is 2.30. The molecule has 80 valence electrons. The van der Waals surface area contributed by atoms with Crippen molar-refractivity contribution in [2.45, 2.75) is 25.7 Å². The molecule has 1 N–H and O–H groups in total. The van der Waals surface area contributed by atoms with E-state index >= 15 is 0 Å². The average Bonchev–Trinajstić information content (AvgIpc) is 2.62. The van der Waals surface area contributed by atoms with Gasteiger partial charge in [-0.2, -0.15) is 0 Å². The smallest absolute Gasteiger partial charge is 0.303 e. The number of carbonyl (C=O) groups is 1. The first-order chi connectivity index (χ1) is 7.16. The molecule has 1 aromatic carbocycles. The molecule has 0 radical (unpaired) electrons. The first kappa shape index (κ1) is 10.0. The Kier molecular flexibility index (Phi) is 2.62. The van der Waals surface area contributed by atoms with Crippen molar-refractivity contribution in [2.24, 2.45) is 0 Å². The lowest BCUT2D eigenvalue weighted by Gasteiger charge is -2.10. The molecule has 3 nitrogen and oxygen atoms in total. The summed E-state index contributed by atoms with van der Waals surface area (Å²) in [5, 5.41) is 8.71. The molecule has 0 amide bonds. The third-order valence-corrected chi connectivity index (χ3v) is 2.77. The van der Waals surface area contributed by atoms with Crippen molar-refractivity contribution >= 4 is 5.97 Å². The van der Waals surface area contributed by atoms with Crippen LogP contribution in [0.25, 0.3) is 0 Å². The number of rotatable bonds is 3. The molecule has 0 aliphatic carbocycles. The number of ether oxygens (including phenoxy) is 1. The zero-order valence-corrected chi connectivity index (χ0v) is 8.69. The molecular formula is C12H14O3. The molecule has 1 unspecified atom stereocenters. The third kappa shape index (κ3) is 2.12. The molecule has 1 heterocycles. The molecule has 1 aromatic rings. The van der Waals surface area contributed by atoms with Gasteiger partial charge in [0, 0.05) is 6.42 Å². The van der Waals surface area contributed by atoms with Gasteiger partial charge in [-0.3, -0.25) is 4.79 Å². The average molecular weight is 206 g/mol. The maximum absolute atomic E-state index is 10.6. The van der Waals surface area contributed by atoms with Crippen molar-refractivity contribution < 1.29 is 14.6 Å². The predicted molar refractivity (Wildman–Crippen MR) is 56.3 cm³/mol. The van der Waals surface area contributed by atoms with Crippen LogP contribution in [-0.2, 0) is 11.2 Å². The van der Waals surface area contributed by atoms with Crippen LogP contribution in [0.4, 0.5) is 0 Å². The van der Waals surface area contributed by atoms with Gasteiger partial charge in [0.1, 0.15) is 5.75 Å². The molecule has 0 saturated carbocycles. The van der Waals surface area contributed by atoms with E-state index in [2.05, 4.69) is 0 Å². The quantitative estimate of drug-likeness (QED) is 0.824. The van der Waals surface area contributed by atoms with Crippen LogP contribution in [0.15, 0.2) is 18.2 Å². The fourth-order valence-corrected chi connectivity index (χ4v) is 1.87. The zero-order chi connectivity index (χ0) is 10.8. The predicted octanol–water partition coefficient (Wildman–Crippen LogP) is 2.20. The van der Waals surface area contributed by atoms with Gasteiger partial charge in [0.15, 0.2) is 0 Å². The van der Waals surface area contributed by atoms with Crippen LogP contribution in [0.5, 0.6) is 5.75 Å². The summed E-state index contributed by atoms with van der Waals surface area (Å²) in [6, 6.07) is 6.01. The molecule has 3 heteroatoms. The number of fused-ring (bicyclic) bond motifs is 1. The van der Waals surface area contributed by atoms with Crippen LogP contribution in [0.2, 0.25) is 0 Å². The van der Waals surface area contributed by atoms with Crippen LogP contribution in [0, 0.1) is 0 Å². The molecule has 0 bridgehead atoms. The second kappa shape index (κ2) is 3.93. The topological polar surface area (TPSA) is 46.5 Å². The molecule has 0 spiro atoms. The molecule has 1 atom stereocenters. The van der Waals surface area contributed by atoms with Crippen LogP contribution in [-0.4, -0.2) is 17.7 Å². The third-order valence-electron chi connectivity index (χ3n) is 2.77. The van der Waals surface area contributed by atoms with Gasteiger partial charge in [-0.15, -0.1) is 0 Å². The number of carboxylic acids is 1. The van der Waals surface area contributed by atoms with E-state index in [9.17, 15) is 4.79 Å². The fraction of sp³-hybridized carbons (Fsp3) is 0.417. The van der Waals surface area contributed by atoms with Crippen molar-refractivity contribution in [3.8, 4) is 5.75 Å². The molecule has 2 rings (SSSR count). The van der Waals surface area contributed by atoms with Gasteiger partial charge >= 0.3 is 5.97 Å². The molecule has 0 saturated heterocycles. The summed E-state index contributed by atoms with van der Waals surface area (Å²) in [4.78, 5) is 10.6. The summed E-state index contributed by atoms with van der Waals surface area (Å²) in [5.74, 6) is 0.200. The first-order valence-corrected chi connectivity index (χ1v) is 5.14. The summed E-state index contributed by atoms with van der Waals surface area (Å²) >= 11 is 0. The highest BCUT2D eigenvalue weighted by Gasteiger charge is 2.15. The fourth-order valence-electron chi connectivity index (χ4n) is 1.87. The van der Waals surface area contributed by atoms with Gasteiger partial charge in [0.05, 0.1) is 13.0 Å². The summed E-state index contributed by atoms with van der Waals surface area (Å²) < 4.78 is 5.45. The van der Waals surface area contributed by atoms with Gasteiger partial charge in [0.25, 0.3) is 0 Å². The van der Waals surface area contributed by atoms with E-state index in [4.69, 9.17) is 9.84 Å². The van der Waals surface area contributed by atoms with E-state index in [0.717, 1.165) is 24.3 Å². The Morgan fingerprint density at radius 1 is 1.60 bits per heavy atom. The molecule has 0 aromatic heterocycles.